The molecule has 2 heterocycles. The van der Waals surface area contributed by atoms with Gasteiger partial charge in [0.1, 0.15) is 5.82 Å². The molecule has 14 heavy (non-hydrogen) atoms. The molecule has 0 aromatic carbocycles. The van der Waals surface area contributed by atoms with Crippen molar-refractivity contribution in [2.24, 2.45) is 5.73 Å². The summed E-state index contributed by atoms with van der Waals surface area (Å²) in [7, 11) is 0. The molecule has 0 atom stereocenters. The maximum Gasteiger partial charge on any atom is 0.110 e. The second-order valence-corrected chi connectivity index (χ2v) is 3.53. The van der Waals surface area contributed by atoms with Gasteiger partial charge in [-0.15, -0.1) is 0 Å². The van der Waals surface area contributed by atoms with Crippen LogP contribution in [-0.2, 0) is 6.42 Å². The van der Waals surface area contributed by atoms with Gasteiger partial charge in [0, 0.05) is 12.1 Å². The number of nitrogens with zero attached hydrogens (tertiary/aromatic N) is 2. The third-order valence-corrected chi connectivity index (χ3v) is 2.48. The van der Waals surface area contributed by atoms with Crippen molar-refractivity contribution in [1.82, 2.24) is 9.38 Å². The van der Waals surface area contributed by atoms with E-state index in [-0.39, 0.29) is 0 Å². The SMILES string of the molecule is Cc1cccc2c(CCN)nc(C)n12. The zero-order valence-electron chi connectivity index (χ0n) is 8.62. The van der Waals surface area contributed by atoms with E-state index < -0.39 is 0 Å². The highest BCUT2D eigenvalue weighted by molar-refractivity contribution is 5.54. The molecule has 0 fully saturated rings. The Morgan fingerprint density at radius 1 is 1.36 bits per heavy atom. The third kappa shape index (κ3) is 1.30. The fourth-order valence-corrected chi connectivity index (χ4v) is 1.90. The van der Waals surface area contributed by atoms with Crippen LogP contribution < -0.4 is 5.73 Å². The van der Waals surface area contributed by atoms with E-state index in [0.717, 1.165) is 17.9 Å². The number of nitrogens with two attached hydrogens (primary N) is 1. The summed E-state index contributed by atoms with van der Waals surface area (Å²) in [4.78, 5) is 4.52. The second kappa shape index (κ2) is 3.42. The molecule has 3 heteroatoms. The topological polar surface area (TPSA) is 43.3 Å². The number of aryl methyl sites for hydroxylation is 2. The summed E-state index contributed by atoms with van der Waals surface area (Å²) in [5.41, 5.74) is 9.06. The van der Waals surface area contributed by atoms with Crippen molar-refractivity contribution in [2.45, 2.75) is 20.3 Å². The molecule has 0 aliphatic rings. The summed E-state index contributed by atoms with van der Waals surface area (Å²) >= 11 is 0. The van der Waals surface area contributed by atoms with Crippen molar-refractivity contribution in [1.29, 1.82) is 0 Å². The molecule has 0 aliphatic heterocycles. The molecule has 2 rings (SSSR count). The lowest BCUT2D eigenvalue weighted by Crippen LogP contribution is -2.03. The summed E-state index contributed by atoms with van der Waals surface area (Å²) in [6, 6.07) is 6.25. The van der Waals surface area contributed by atoms with Crippen molar-refractivity contribution in [3.8, 4) is 0 Å². The Morgan fingerprint density at radius 3 is 2.86 bits per heavy atom. The van der Waals surface area contributed by atoms with Gasteiger partial charge in [-0.3, -0.25) is 0 Å². The summed E-state index contributed by atoms with van der Waals surface area (Å²) < 4.78 is 2.17. The number of hydrogen-bond acceptors (Lipinski definition) is 2. The van der Waals surface area contributed by atoms with E-state index in [1.54, 1.807) is 0 Å². The van der Waals surface area contributed by atoms with Gasteiger partial charge in [0.2, 0.25) is 0 Å². The largest absolute Gasteiger partial charge is 0.330 e. The van der Waals surface area contributed by atoms with Crippen molar-refractivity contribution < 1.29 is 0 Å². The van der Waals surface area contributed by atoms with Crippen LogP contribution in [0, 0.1) is 13.8 Å². The predicted molar refractivity (Wildman–Crippen MR) is 57.4 cm³/mol. The molecule has 0 unspecified atom stereocenters. The predicted octanol–water partition coefficient (Wildman–Crippen LogP) is 1.45. The number of aromatic nitrogens is 2. The van der Waals surface area contributed by atoms with Crippen LogP contribution in [0.4, 0.5) is 0 Å². The quantitative estimate of drug-likeness (QED) is 0.777. The lowest BCUT2D eigenvalue weighted by atomic mass is 10.2. The van der Waals surface area contributed by atoms with E-state index in [2.05, 4.69) is 34.5 Å². The smallest absolute Gasteiger partial charge is 0.110 e. The average molecular weight is 189 g/mol. The van der Waals surface area contributed by atoms with Gasteiger partial charge < -0.3 is 10.1 Å². The van der Waals surface area contributed by atoms with Gasteiger partial charge in [-0.1, -0.05) is 6.07 Å². The Balaban J connectivity index is 2.71. The number of fused-ring (bicyclic) bond motifs is 1. The first-order valence-electron chi connectivity index (χ1n) is 4.87. The Hall–Kier alpha value is -1.35. The monoisotopic (exact) mass is 189 g/mol. The Morgan fingerprint density at radius 2 is 2.14 bits per heavy atom. The first-order chi connectivity index (χ1) is 6.74. The van der Waals surface area contributed by atoms with Crippen LogP contribution in [0.3, 0.4) is 0 Å². The lowest BCUT2D eigenvalue weighted by Gasteiger charge is -2.01. The number of rotatable bonds is 2. The van der Waals surface area contributed by atoms with Gasteiger partial charge in [-0.2, -0.15) is 0 Å². The lowest BCUT2D eigenvalue weighted by molar-refractivity contribution is 0.931. The third-order valence-electron chi connectivity index (χ3n) is 2.48. The maximum absolute atomic E-state index is 5.55. The highest BCUT2D eigenvalue weighted by Crippen LogP contribution is 2.15. The molecule has 2 aromatic rings. The van der Waals surface area contributed by atoms with Crippen molar-refractivity contribution >= 4 is 5.52 Å². The first kappa shape index (κ1) is 9.21. The minimum atomic E-state index is 0.653. The maximum atomic E-state index is 5.55. The average Bonchev–Trinajstić information content (AvgIpc) is 2.46. The summed E-state index contributed by atoms with van der Waals surface area (Å²) in [5, 5.41) is 0. The number of pyridine rings is 1. The van der Waals surface area contributed by atoms with Gasteiger partial charge in [0.15, 0.2) is 0 Å². The van der Waals surface area contributed by atoms with E-state index in [4.69, 9.17) is 5.73 Å². The molecule has 74 valence electrons. The van der Waals surface area contributed by atoms with Crippen molar-refractivity contribution in [3.63, 3.8) is 0 Å². The van der Waals surface area contributed by atoms with Crippen LogP contribution in [0.25, 0.3) is 5.52 Å². The molecule has 2 N–H and O–H groups in total. The summed E-state index contributed by atoms with van der Waals surface area (Å²) in [6.45, 7) is 4.77. The molecule has 0 radical (unpaired) electrons. The Kier molecular flexibility index (Phi) is 2.25. The fourth-order valence-electron chi connectivity index (χ4n) is 1.90. The molecule has 0 spiro atoms. The van der Waals surface area contributed by atoms with Crippen LogP contribution in [0.2, 0.25) is 0 Å². The number of imidazole rings is 1. The second-order valence-electron chi connectivity index (χ2n) is 3.53. The van der Waals surface area contributed by atoms with Gasteiger partial charge in [-0.25, -0.2) is 4.98 Å². The normalized spacial score (nSPS) is 11.1. The summed E-state index contributed by atoms with van der Waals surface area (Å²) in [6.07, 6.45) is 0.848. The van der Waals surface area contributed by atoms with Gasteiger partial charge in [0.25, 0.3) is 0 Å². The van der Waals surface area contributed by atoms with Crippen molar-refractivity contribution in [3.05, 3.63) is 35.4 Å². The highest BCUT2D eigenvalue weighted by atomic mass is 15.0. The van der Waals surface area contributed by atoms with Crippen LogP contribution in [0.1, 0.15) is 17.2 Å². The highest BCUT2D eigenvalue weighted by Gasteiger charge is 2.07. The summed E-state index contributed by atoms with van der Waals surface area (Å²) in [5.74, 6) is 1.04. The van der Waals surface area contributed by atoms with Crippen LogP contribution >= 0.6 is 0 Å². The Labute approximate surface area is 83.6 Å². The zero-order chi connectivity index (χ0) is 10.1. The van der Waals surface area contributed by atoms with Gasteiger partial charge in [0.05, 0.1) is 11.2 Å². The van der Waals surface area contributed by atoms with E-state index in [0.29, 0.717) is 6.54 Å². The van der Waals surface area contributed by atoms with Crippen LogP contribution in [0.5, 0.6) is 0 Å². The van der Waals surface area contributed by atoms with E-state index >= 15 is 0 Å². The molecule has 0 saturated carbocycles. The first-order valence-corrected chi connectivity index (χ1v) is 4.87. The Bertz CT molecular complexity index is 457. The van der Waals surface area contributed by atoms with E-state index in [9.17, 15) is 0 Å². The molecular weight excluding hydrogens is 174 g/mol. The molecular formula is C11H15N3. The number of hydrogen-bond donors (Lipinski definition) is 1. The van der Waals surface area contributed by atoms with Crippen molar-refractivity contribution in [2.75, 3.05) is 6.54 Å². The molecule has 0 saturated heterocycles. The van der Waals surface area contributed by atoms with Gasteiger partial charge in [-0.05, 0) is 32.5 Å². The molecule has 0 aliphatic carbocycles. The fraction of sp³-hybridized carbons (Fsp3) is 0.364. The van der Waals surface area contributed by atoms with Crippen LogP contribution in [0.15, 0.2) is 18.2 Å². The molecule has 0 amide bonds. The minimum Gasteiger partial charge on any atom is -0.330 e. The zero-order valence-corrected chi connectivity index (χ0v) is 8.62. The van der Waals surface area contributed by atoms with Crippen LogP contribution in [-0.4, -0.2) is 15.9 Å². The molecule has 2 aromatic heterocycles. The minimum absolute atomic E-state index is 0.653. The van der Waals surface area contributed by atoms with E-state index in [1.165, 1.54) is 11.2 Å². The standard InChI is InChI=1S/C11H15N3/c1-8-4-3-5-11-10(6-7-12)13-9(2)14(8)11/h3-5H,6-7,12H2,1-2H3. The molecule has 0 bridgehead atoms. The van der Waals surface area contributed by atoms with Gasteiger partial charge >= 0.3 is 0 Å². The molecule has 3 nitrogen and oxygen atoms in total. The van der Waals surface area contributed by atoms with E-state index in [1.807, 2.05) is 6.92 Å².